The molecule has 110 valence electrons. The molecule has 1 amide bonds. The molecule has 5 heteroatoms. The molecule has 1 aliphatic rings. The Kier molecular flexibility index (Phi) is 5.26. The molecule has 0 saturated carbocycles. The van der Waals surface area contributed by atoms with Gasteiger partial charge in [0, 0.05) is 18.1 Å². The summed E-state index contributed by atoms with van der Waals surface area (Å²) in [7, 11) is 3.55. The summed E-state index contributed by atoms with van der Waals surface area (Å²) >= 11 is 6.18. The summed E-state index contributed by atoms with van der Waals surface area (Å²) in [4.78, 5) is 14.2. The molecule has 1 fully saturated rings. The molecule has 20 heavy (non-hydrogen) atoms. The third kappa shape index (κ3) is 3.64. The largest absolute Gasteiger partial charge is 0.497 e. The minimum atomic E-state index is 0.149. The van der Waals surface area contributed by atoms with Gasteiger partial charge in [0.1, 0.15) is 5.75 Å². The van der Waals surface area contributed by atoms with Crippen LogP contribution in [0.1, 0.15) is 12.0 Å². The van der Waals surface area contributed by atoms with Crippen molar-refractivity contribution in [2.24, 2.45) is 5.92 Å². The van der Waals surface area contributed by atoms with Crippen LogP contribution in [0.25, 0.3) is 0 Å². The minimum absolute atomic E-state index is 0.149. The fourth-order valence-electron chi connectivity index (χ4n) is 2.59. The molecule has 0 unspecified atom stereocenters. The number of amides is 1. The lowest BCUT2D eigenvalue weighted by Gasteiger charge is -2.17. The Balaban J connectivity index is 1.95. The van der Waals surface area contributed by atoms with Gasteiger partial charge in [-0.15, -0.1) is 0 Å². The lowest BCUT2D eigenvalue weighted by atomic mass is 10.1. The van der Waals surface area contributed by atoms with E-state index in [0.717, 1.165) is 31.6 Å². The fraction of sp³-hybridized carbons (Fsp3) is 0.533. The highest BCUT2D eigenvalue weighted by Crippen LogP contribution is 2.24. The van der Waals surface area contributed by atoms with E-state index in [4.69, 9.17) is 16.3 Å². The number of benzene rings is 1. The maximum atomic E-state index is 12.3. The predicted molar refractivity (Wildman–Crippen MR) is 80.3 cm³/mol. The summed E-state index contributed by atoms with van der Waals surface area (Å²) in [5.41, 5.74) is 0.856. The molecule has 0 spiro atoms. The van der Waals surface area contributed by atoms with Crippen LogP contribution in [0.2, 0.25) is 5.02 Å². The van der Waals surface area contributed by atoms with E-state index in [0.29, 0.717) is 23.1 Å². The van der Waals surface area contributed by atoms with Crippen molar-refractivity contribution in [3.05, 3.63) is 28.8 Å². The summed E-state index contributed by atoms with van der Waals surface area (Å²) in [6, 6.07) is 5.44. The van der Waals surface area contributed by atoms with Gasteiger partial charge >= 0.3 is 0 Å². The Morgan fingerprint density at radius 2 is 2.35 bits per heavy atom. The molecule has 1 saturated heterocycles. The highest BCUT2D eigenvalue weighted by atomic mass is 35.5. The average molecular weight is 297 g/mol. The Morgan fingerprint density at radius 3 is 3.00 bits per heavy atom. The van der Waals surface area contributed by atoms with Gasteiger partial charge in [-0.05, 0) is 43.6 Å². The smallest absolute Gasteiger partial charge is 0.227 e. The van der Waals surface area contributed by atoms with Crippen LogP contribution in [0.5, 0.6) is 5.75 Å². The maximum absolute atomic E-state index is 12.3. The van der Waals surface area contributed by atoms with E-state index >= 15 is 0 Å². The molecule has 0 aromatic heterocycles. The first-order valence-corrected chi connectivity index (χ1v) is 7.26. The summed E-state index contributed by atoms with van der Waals surface area (Å²) in [5, 5.41) is 3.75. The molecular formula is C15H21ClN2O2. The number of ether oxygens (including phenoxy) is 1. The molecule has 2 rings (SSSR count). The lowest BCUT2D eigenvalue weighted by Crippen LogP contribution is -2.31. The molecule has 1 aliphatic heterocycles. The maximum Gasteiger partial charge on any atom is 0.227 e. The van der Waals surface area contributed by atoms with Gasteiger partial charge in [0.05, 0.1) is 13.5 Å². The third-order valence-corrected chi connectivity index (χ3v) is 4.09. The van der Waals surface area contributed by atoms with Gasteiger partial charge in [-0.25, -0.2) is 0 Å². The molecular weight excluding hydrogens is 276 g/mol. The summed E-state index contributed by atoms with van der Waals surface area (Å²) in [5.74, 6) is 1.42. The topological polar surface area (TPSA) is 41.6 Å². The molecule has 0 aliphatic carbocycles. The van der Waals surface area contributed by atoms with Crippen LogP contribution in [-0.4, -0.2) is 44.6 Å². The molecule has 0 bridgehead atoms. The molecule has 4 nitrogen and oxygen atoms in total. The van der Waals surface area contributed by atoms with Crippen LogP contribution in [0.4, 0.5) is 0 Å². The molecule has 0 radical (unpaired) electrons. The number of halogens is 1. The van der Waals surface area contributed by atoms with Crippen molar-refractivity contribution >= 4 is 17.5 Å². The van der Waals surface area contributed by atoms with Crippen LogP contribution >= 0.6 is 11.6 Å². The molecule has 1 atom stereocenters. The summed E-state index contributed by atoms with van der Waals surface area (Å²) < 4.78 is 5.11. The van der Waals surface area contributed by atoms with Gasteiger partial charge < -0.3 is 15.0 Å². The third-order valence-electron chi connectivity index (χ3n) is 3.73. The number of hydrogen-bond donors (Lipinski definition) is 1. The monoisotopic (exact) mass is 296 g/mol. The molecule has 1 aromatic carbocycles. The van der Waals surface area contributed by atoms with E-state index in [1.54, 1.807) is 13.2 Å². The quantitative estimate of drug-likeness (QED) is 0.903. The normalized spacial score (nSPS) is 18.4. The van der Waals surface area contributed by atoms with Crippen molar-refractivity contribution in [3.63, 3.8) is 0 Å². The van der Waals surface area contributed by atoms with E-state index in [2.05, 4.69) is 5.32 Å². The van der Waals surface area contributed by atoms with Crippen molar-refractivity contribution in [1.29, 1.82) is 0 Å². The Labute approximate surface area is 125 Å². The van der Waals surface area contributed by atoms with Gasteiger partial charge in [0.25, 0.3) is 0 Å². The second-order valence-corrected chi connectivity index (χ2v) is 5.59. The zero-order valence-corrected chi connectivity index (χ0v) is 12.7. The number of rotatable bonds is 5. The highest BCUT2D eigenvalue weighted by molar-refractivity contribution is 6.31. The van der Waals surface area contributed by atoms with E-state index in [1.807, 2.05) is 24.1 Å². The van der Waals surface area contributed by atoms with E-state index in [-0.39, 0.29) is 5.91 Å². The molecule has 1 aromatic rings. The van der Waals surface area contributed by atoms with Crippen LogP contribution in [0, 0.1) is 5.92 Å². The van der Waals surface area contributed by atoms with Gasteiger partial charge in [-0.1, -0.05) is 17.7 Å². The number of nitrogens with one attached hydrogen (secondary N) is 1. The zero-order valence-electron chi connectivity index (χ0n) is 12.0. The van der Waals surface area contributed by atoms with Gasteiger partial charge in [-0.3, -0.25) is 4.79 Å². The van der Waals surface area contributed by atoms with Crippen molar-refractivity contribution in [1.82, 2.24) is 10.2 Å². The standard InChI is InChI=1S/C15H21ClN2O2/c1-17-9-11-5-6-18(10-11)15(19)7-12-3-4-13(20-2)8-14(12)16/h3-4,8,11,17H,5-7,9-10H2,1-2H3/t11-/m0/s1. The zero-order chi connectivity index (χ0) is 14.5. The Hall–Kier alpha value is -1.26. The Bertz CT molecular complexity index is 479. The summed E-state index contributed by atoms with van der Waals surface area (Å²) in [6.07, 6.45) is 1.43. The SMILES string of the molecule is CNC[C@@H]1CCN(C(=O)Cc2ccc(OC)cc2Cl)C1. The first kappa shape index (κ1) is 15.1. The number of nitrogens with zero attached hydrogens (tertiary/aromatic N) is 1. The van der Waals surface area contributed by atoms with Crippen LogP contribution in [0.3, 0.4) is 0 Å². The summed E-state index contributed by atoms with van der Waals surface area (Å²) in [6.45, 7) is 2.65. The van der Waals surface area contributed by atoms with Crippen molar-refractivity contribution in [2.45, 2.75) is 12.8 Å². The number of carbonyl (C=O) groups excluding carboxylic acids is 1. The Morgan fingerprint density at radius 1 is 1.55 bits per heavy atom. The van der Waals surface area contributed by atoms with Crippen molar-refractivity contribution < 1.29 is 9.53 Å². The lowest BCUT2D eigenvalue weighted by molar-refractivity contribution is -0.129. The second kappa shape index (κ2) is 6.95. The first-order chi connectivity index (χ1) is 9.63. The van der Waals surface area contributed by atoms with Crippen LogP contribution in [-0.2, 0) is 11.2 Å². The van der Waals surface area contributed by atoms with Crippen molar-refractivity contribution in [2.75, 3.05) is 33.8 Å². The predicted octanol–water partition coefficient (Wildman–Crippen LogP) is 1.96. The number of methoxy groups -OCH3 is 1. The highest BCUT2D eigenvalue weighted by Gasteiger charge is 2.25. The van der Waals surface area contributed by atoms with Gasteiger partial charge in [-0.2, -0.15) is 0 Å². The van der Waals surface area contributed by atoms with E-state index in [9.17, 15) is 4.79 Å². The number of carbonyl (C=O) groups is 1. The fourth-order valence-corrected chi connectivity index (χ4v) is 2.82. The molecule has 1 N–H and O–H groups in total. The minimum Gasteiger partial charge on any atom is -0.497 e. The van der Waals surface area contributed by atoms with E-state index in [1.165, 1.54) is 0 Å². The van der Waals surface area contributed by atoms with Gasteiger partial charge in [0.2, 0.25) is 5.91 Å². The number of hydrogen-bond acceptors (Lipinski definition) is 3. The average Bonchev–Trinajstić information content (AvgIpc) is 2.90. The van der Waals surface area contributed by atoms with Gasteiger partial charge in [0.15, 0.2) is 0 Å². The van der Waals surface area contributed by atoms with Crippen LogP contribution in [0.15, 0.2) is 18.2 Å². The van der Waals surface area contributed by atoms with E-state index < -0.39 is 0 Å². The van der Waals surface area contributed by atoms with Crippen LogP contribution < -0.4 is 10.1 Å². The first-order valence-electron chi connectivity index (χ1n) is 6.88. The molecule has 1 heterocycles. The second-order valence-electron chi connectivity index (χ2n) is 5.19. The number of likely N-dealkylation sites (tertiary alicyclic amines) is 1. The van der Waals surface area contributed by atoms with Crippen molar-refractivity contribution in [3.8, 4) is 5.75 Å².